The molecule has 0 atom stereocenters. The average Bonchev–Trinajstić information content (AvgIpc) is 2.60. The molecular weight excluding hydrogens is 389 g/mol. The molecule has 0 spiro atoms. The van der Waals surface area contributed by atoms with Crippen molar-refractivity contribution in [3.63, 3.8) is 0 Å². The fourth-order valence-corrected chi connectivity index (χ4v) is 2.11. The molecule has 0 aliphatic rings. The number of anilines is 1. The fraction of sp³-hybridized carbons (Fsp3) is 0.125. The molecule has 2 rings (SSSR count). The van der Waals surface area contributed by atoms with Crippen molar-refractivity contribution in [1.82, 2.24) is 15.8 Å². The maximum Gasteiger partial charge on any atom is 0.472 e. The highest BCUT2D eigenvalue weighted by Crippen LogP contribution is 2.15. The fourth-order valence-electron chi connectivity index (χ4n) is 1.90. The zero-order valence-corrected chi connectivity index (χ0v) is 14.2. The number of aromatic nitrogens is 1. The minimum atomic E-state index is -5.19. The van der Waals surface area contributed by atoms with Crippen LogP contribution in [0.25, 0.3) is 0 Å². The third-order valence-corrected chi connectivity index (χ3v) is 3.35. The zero-order chi connectivity index (χ0) is 20.0. The Hall–Kier alpha value is -3.14. The smallest absolute Gasteiger partial charge is 0.302 e. The van der Waals surface area contributed by atoms with E-state index in [9.17, 15) is 27.6 Å². The van der Waals surface area contributed by atoms with Crippen molar-refractivity contribution >= 4 is 35.1 Å². The molecule has 0 unspecified atom stereocenters. The van der Waals surface area contributed by atoms with Gasteiger partial charge in [-0.2, -0.15) is 13.2 Å². The maximum absolute atomic E-state index is 12.0. The van der Waals surface area contributed by atoms with E-state index in [4.69, 9.17) is 11.6 Å². The molecule has 0 saturated carbocycles. The summed E-state index contributed by atoms with van der Waals surface area (Å²) in [7, 11) is 0. The van der Waals surface area contributed by atoms with E-state index >= 15 is 0 Å². The Morgan fingerprint density at radius 1 is 1.00 bits per heavy atom. The number of amides is 3. The Morgan fingerprint density at radius 3 is 2.33 bits per heavy atom. The summed E-state index contributed by atoms with van der Waals surface area (Å²) in [6, 6.07) is 10.3. The van der Waals surface area contributed by atoms with Crippen LogP contribution in [0.2, 0.25) is 5.02 Å². The highest BCUT2D eigenvalue weighted by Gasteiger charge is 2.39. The van der Waals surface area contributed by atoms with Crippen LogP contribution in [0.3, 0.4) is 0 Å². The molecule has 142 valence electrons. The first-order valence-electron chi connectivity index (χ1n) is 7.33. The molecule has 1 aromatic carbocycles. The van der Waals surface area contributed by atoms with Crippen LogP contribution in [0.5, 0.6) is 0 Å². The van der Waals surface area contributed by atoms with Crippen molar-refractivity contribution in [2.75, 3.05) is 5.32 Å². The predicted octanol–water partition coefficient (Wildman–Crippen LogP) is 1.97. The number of hydrogen-bond donors (Lipinski definition) is 3. The zero-order valence-electron chi connectivity index (χ0n) is 13.4. The lowest BCUT2D eigenvalue weighted by molar-refractivity contribution is -0.175. The summed E-state index contributed by atoms with van der Waals surface area (Å²) in [6.45, 7) is 0. The van der Waals surface area contributed by atoms with Crippen LogP contribution < -0.4 is 16.2 Å². The number of nitrogens with one attached hydrogen (secondary N) is 3. The highest BCUT2D eigenvalue weighted by molar-refractivity contribution is 6.39. The summed E-state index contributed by atoms with van der Waals surface area (Å²) < 4.78 is 35.9. The van der Waals surface area contributed by atoms with Crippen LogP contribution in [0.15, 0.2) is 42.6 Å². The van der Waals surface area contributed by atoms with Gasteiger partial charge in [-0.3, -0.25) is 25.2 Å². The minimum Gasteiger partial charge on any atom is -0.302 e. The standard InChI is InChI=1S/C16H12ClF3N4O3/c17-11-3-1-2-9(7-11)6-10-4-5-12(21-8-10)22-13(25)14(26)23-24-15(27)16(18,19)20/h1-5,7-8H,6H2,(H,23,26)(H,24,27)(H,21,22,25). The second-order valence-corrected chi connectivity index (χ2v) is 5.65. The summed E-state index contributed by atoms with van der Waals surface area (Å²) in [5, 5.41) is 2.68. The van der Waals surface area contributed by atoms with Gasteiger partial charge in [-0.15, -0.1) is 0 Å². The van der Waals surface area contributed by atoms with Gasteiger partial charge in [-0.25, -0.2) is 4.98 Å². The third-order valence-electron chi connectivity index (χ3n) is 3.12. The van der Waals surface area contributed by atoms with Gasteiger partial charge in [0.15, 0.2) is 0 Å². The Kier molecular flexibility index (Phi) is 6.35. The van der Waals surface area contributed by atoms with E-state index in [2.05, 4.69) is 10.3 Å². The van der Waals surface area contributed by atoms with Crippen LogP contribution in [0.4, 0.5) is 19.0 Å². The lowest BCUT2D eigenvalue weighted by atomic mass is 10.1. The van der Waals surface area contributed by atoms with Crippen molar-refractivity contribution in [3.8, 4) is 0 Å². The summed E-state index contributed by atoms with van der Waals surface area (Å²) in [5.74, 6) is -5.19. The predicted molar refractivity (Wildman–Crippen MR) is 89.5 cm³/mol. The Morgan fingerprint density at radius 2 is 1.74 bits per heavy atom. The normalized spacial score (nSPS) is 10.8. The van der Waals surface area contributed by atoms with Gasteiger partial charge < -0.3 is 5.32 Å². The third kappa shape index (κ3) is 6.26. The molecule has 0 saturated heterocycles. The number of nitrogens with zero attached hydrogens (tertiary/aromatic N) is 1. The molecule has 0 fully saturated rings. The molecule has 2 aromatic rings. The molecule has 3 N–H and O–H groups in total. The van der Waals surface area contributed by atoms with E-state index in [1.165, 1.54) is 17.7 Å². The summed E-state index contributed by atoms with van der Waals surface area (Å²) in [6.07, 6.45) is -3.20. The lowest BCUT2D eigenvalue weighted by Crippen LogP contribution is -2.50. The molecular formula is C16H12ClF3N4O3. The van der Waals surface area contributed by atoms with E-state index in [0.717, 1.165) is 16.6 Å². The van der Waals surface area contributed by atoms with Crippen molar-refractivity contribution in [2.45, 2.75) is 12.6 Å². The Bertz CT molecular complexity index is 857. The van der Waals surface area contributed by atoms with Gasteiger partial charge in [-0.1, -0.05) is 29.8 Å². The van der Waals surface area contributed by atoms with E-state index in [0.29, 0.717) is 11.4 Å². The monoisotopic (exact) mass is 400 g/mol. The number of benzene rings is 1. The van der Waals surface area contributed by atoms with Gasteiger partial charge in [0.1, 0.15) is 5.82 Å². The van der Waals surface area contributed by atoms with E-state index in [1.807, 2.05) is 6.07 Å². The number of alkyl halides is 3. The van der Waals surface area contributed by atoms with Crippen molar-refractivity contribution < 1.29 is 27.6 Å². The van der Waals surface area contributed by atoms with Crippen molar-refractivity contribution in [3.05, 3.63) is 58.7 Å². The molecule has 3 amide bonds. The number of carbonyl (C=O) groups excluding carboxylic acids is 3. The summed E-state index contributed by atoms with van der Waals surface area (Å²) >= 11 is 5.90. The number of carbonyl (C=O) groups is 3. The topological polar surface area (TPSA) is 100 Å². The molecule has 27 heavy (non-hydrogen) atoms. The second-order valence-electron chi connectivity index (χ2n) is 5.22. The second kappa shape index (κ2) is 8.49. The SMILES string of the molecule is O=C(NNC(=O)C(F)(F)F)C(=O)Nc1ccc(Cc2cccc(Cl)c2)cn1. The number of pyridine rings is 1. The molecule has 0 aliphatic carbocycles. The number of rotatable bonds is 3. The Balaban J connectivity index is 1.89. The van der Waals surface area contributed by atoms with Gasteiger partial charge in [0.2, 0.25) is 0 Å². The molecule has 1 aromatic heterocycles. The van der Waals surface area contributed by atoms with Gasteiger partial charge >= 0.3 is 23.9 Å². The van der Waals surface area contributed by atoms with Gasteiger partial charge in [0.05, 0.1) is 0 Å². The number of halogens is 4. The van der Waals surface area contributed by atoms with Crippen LogP contribution in [-0.2, 0) is 20.8 Å². The first-order chi connectivity index (χ1) is 12.6. The summed E-state index contributed by atoms with van der Waals surface area (Å²) in [4.78, 5) is 37.4. The van der Waals surface area contributed by atoms with Gasteiger partial charge in [0, 0.05) is 11.2 Å². The lowest BCUT2D eigenvalue weighted by Gasteiger charge is -2.09. The maximum atomic E-state index is 12.0. The van der Waals surface area contributed by atoms with Crippen molar-refractivity contribution in [2.24, 2.45) is 0 Å². The first-order valence-corrected chi connectivity index (χ1v) is 7.71. The quantitative estimate of drug-likeness (QED) is 0.541. The average molecular weight is 401 g/mol. The Labute approximate surface area is 155 Å². The molecule has 7 nitrogen and oxygen atoms in total. The molecule has 0 radical (unpaired) electrons. The highest BCUT2D eigenvalue weighted by atomic mass is 35.5. The summed E-state index contributed by atoms with van der Waals surface area (Å²) in [5.41, 5.74) is 4.17. The van der Waals surface area contributed by atoms with E-state index < -0.39 is 23.9 Å². The first kappa shape index (κ1) is 20.2. The number of hydrazine groups is 1. The molecule has 0 aliphatic heterocycles. The van der Waals surface area contributed by atoms with Crippen LogP contribution in [0, 0.1) is 0 Å². The largest absolute Gasteiger partial charge is 0.472 e. The van der Waals surface area contributed by atoms with Gasteiger partial charge in [-0.05, 0) is 35.7 Å². The molecule has 0 bridgehead atoms. The number of hydrogen-bond acceptors (Lipinski definition) is 4. The minimum absolute atomic E-state index is 0.00661. The van der Waals surface area contributed by atoms with Crippen LogP contribution in [-0.4, -0.2) is 28.9 Å². The van der Waals surface area contributed by atoms with Crippen molar-refractivity contribution in [1.29, 1.82) is 0 Å². The van der Waals surface area contributed by atoms with E-state index in [1.54, 1.807) is 24.3 Å². The van der Waals surface area contributed by atoms with Crippen LogP contribution >= 0.6 is 11.6 Å². The molecule has 11 heteroatoms. The van der Waals surface area contributed by atoms with E-state index in [-0.39, 0.29) is 5.82 Å². The van der Waals surface area contributed by atoms with Crippen LogP contribution in [0.1, 0.15) is 11.1 Å². The van der Waals surface area contributed by atoms with Gasteiger partial charge in [0.25, 0.3) is 0 Å². The molecule has 1 heterocycles.